The number of rotatable bonds is 12. The van der Waals surface area contributed by atoms with Gasteiger partial charge in [-0.2, -0.15) is 0 Å². The van der Waals surface area contributed by atoms with Gasteiger partial charge in [-0.25, -0.2) is 0 Å². The van der Waals surface area contributed by atoms with Gasteiger partial charge in [0.15, 0.2) is 0 Å². The zero-order valence-electron chi connectivity index (χ0n) is 13.6. The Morgan fingerprint density at radius 3 is 2.67 bits per heavy atom. The van der Waals surface area contributed by atoms with Gasteiger partial charge in [0.05, 0.1) is 6.61 Å². The summed E-state index contributed by atoms with van der Waals surface area (Å²) in [6.45, 7) is 4.65. The van der Waals surface area contributed by atoms with E-state index in [1.807, 2.05) is 0 Å². The van der Waals surface area contributed by atoms with Gasteiger partial charge in [0.1, 0.15) is 0 Å². The summed E-state index contributed by atoms with van der Waals surface area (Å²) in [5.74, 6) is 0. The van der Waals surface area contributed by atoms with Crippen LogP contribution in [-0.4, -0.2) is 51.3 Å². The summed E-state index contributed by atoms with van der Waals surface area (Å²) in [6.07, 6.45) is 3.28. The van der Waals surface area contributed by atoms with E-state index < -0.39 is 0 Å². The SMILES string of the molecule is COCC(CCCN)NCCCN(C)Cc1ccccc1. The maximum absolute atomic E-state index is 5.57. The molecule has 0 saturated carbocycles. The Balaban J connectivity index is 2.13. The van der Waals surface area contributed by atoms with Gasteiger partial charge in [0.25, 0.3) is 0 Å². The number of hydrogen-bond donors (Lipinski definition) is 2. The molecule has 0 radical (unpaired) electrons. The Bertz CT molecular complexity index is 345. The van der Waals surface area contributed by atoms with E-state index in [1.54, 1.807) is 7.11 Å². The quantitative estimate of drug-likeness (QED) is 0.578. The minimum Gasteiger partial charge on any atom is -0.383 e. The average molecular weight is 293 g/mol. The standard InChI is InChI=1S/C17H31N3O/c1-20(14-16-8-4-3-5-9-16)13-7-12-19-17(15-21-2)10-6-11-18/h3-5,8-9,17,19H,6-7,10-15,18H2,1-2H3. The minimum atomic E-state index is 0.429. The lowest BCUT2D eigenvalue weighted by molar-refractivity contribution is 0.161. The van der Waals surface area contributed by atoms with Gasteiger partial charge in [0.2, 0.25) is 0 Å². The highest BCUT2D eigenvalue weighted by Crippen LogP contribution is 2.03. The van der Waals surface area contributed by atoms with Crippen LogP contribution in [0, 0.1) is 0 Å². The lowest BCUT2D eigenvalue weighted by Gasteiger charge is -2.20. The fraction of sp³-hybridized carbons (Fsp3) is 0.647. The zero-order valence-corrected chi connectivity index (χ0v) is 13.6. The first-order valence-corrected chi connectivity index (χ1v) is 7.91. The van der Waals surface area contributed by atoms with Crippen molar-refractivity contribution in [2.24, 2.45) is 5.73 Å². The normalized spacial score (nSPS) is 12.8. The molecule has 1 unspecified atom stereocenters. The number of methoxy groups -OCH3 is 1. The lowest BCUT2D eigenvalue weighted by atomic mass is 10.1. The molecule has 3 N–H and O–H groups in total. The third-order valence-corrected chi connectivity index (χ3v) is 3.57. The molecule has 21 heavy (non-hydrogen) atoms. The Hall–Kier alpha value is -0.940. The van der Waals surface area contributed by atoms with Crippen LogP contribution in [0.2, 0.25) is 0 Å². The van der Waals surface area contributed by atoms with Gasteiger partial charge in [0, 0.05) is 19.7 Å². The first kappa shape index (κ1) is 18.1. The van der Waals surface area contributed by atoms with Crippen molar-refractivity contribution in [3.63, 3.8) is 0 Å². The molecule has 0 saturated heterocycles. The van der Waals surface area contributed by atoms with Crippen molar-refractivity contribution < 1.29 is 4.74 Å². The van der Waals surface area contributed by atoms with Crippen molar-refractivity contribution in [1.82, 2.24) is 10.2 Å². The molecule has 0 amide bonds. The molecule has 0 fully saturated rings. The molecule has 0 heterocycles. The van der Waals surface area contributed by atoms with Gasteiger partial charge < -0.3 is 20.7 Å². The Labute approximate surface area is 129 Å². The van der Waals surface area contributed by atoms with Crippen LogP contribution in [0.25, 0.3) is 0 Å². The number of nitrogens with one attached hydrogen (secondary N) is 1. The molecule has 0 aliphatic heterocycles. The van der Waals surface area contributed by atoms with Gasteiger partial charge in [-0.1, -0.05) is 30.3 Å². The second-order valence-corrected chi connectivity index (χ2v) is 5.61. The van der Waals surface area contributed by atoms with Crippen LogP contribution < -0.4 is 11.1 Å². The molecule has 120 valence electrons. The van der Waals surface area contributed by atoms with Crippen LogP contribution in [0.1, 0.15) is 24.8 Å². The number of ether oxygens (including phenoxy) is 1. The number of benzene rings is 1. The van der Waals surface area contributed by atoms with E-state index >= 15 is 0 Å². The first-order valence-electron chi connectivity index (χ1n) is 7.91. The minimum absolute atomic E-state index is 0.429. The van der Waals surface area contributed by atoms with Crippen LogP contribution in [0.15, 0.2) is 30.3 Å². The number of hydrogen-bond acceptors (Lipinski definition) is 4. The van der Waals surface area contributed by atoms with Gasteiger partial charge in [-0.3, -0.25) is 0 Å². The van der Waals surface area contributed by atoms with Crippen molar-refractivity contribution >= 4 is 0 Å². The van der Waals surface area contributed by atoms with Crippen molar-refractivity contribution in [1.29, 1.82) is 0 Å². The summed E-state index contributed by atoms with van der Waals surface area (Å²) in [5, 5.41) is 3.57. The fourth-order valence-electron chi connectivity index (χ4n) is 2.44. The summed E-state index contributed by atoms with van der Waals surface area (Å²) in [4.78, 5) is 2.36. The Morgan fingerprint density at radius 2 is 2.00 bits per heavy atom. The molecule has 0 aromatic heterocycles. The molecule has 0 bridgehead atoms. The van der Waals surface area contributed by atoms with Crippen molar-refractivity contribution in [2.45, 2.75) is 31.8 Å². The lowest BCUT2D eigenvalue weighted by Crippen LogP contribution is -2.35. The maximum Gasteiger partial charge on any atom is 0.0615 e. The van der Waals surface area contributed by atoms with Gasteiger partial charge >= 0.3 is 0 Å². The molecule has 1 aromatic carbocycles. The zero-order chi connectivity index (χ0) is 15.3. The Morgan fingerprint density at radius 1 is 1.24 bits per heavy atom. The summed E-state index contributed by atoms with van der Waals surface area (Å²) >= 11 is 0. The van der Waals surface area contributed by atoms with Crippen molar-refractivity contribution in [3.8, 4) is 0 Å². The third-order valence-electron chi connectivity index (χ3n) is 3.57. The van der Waals surface area contributed by atoms with E-state index in [4.69, 9.17) is 10.5 Å². The van der Waals surface area contributed by atoms with E-state index in [-0.39, 0.29) is 0 Å². The molecule has 1 rings (SSSR count). The van der Waals surface area contributed by atoms with Gasteiger partial charge in [-0.05, 0) is 51.5 Å². The van der Waals surface area contributed by atoms with E-state index in [1.165, 1.54) is 5.56 Å². The van der Waals surface area contributed by atoms with E-state index in [0.29, 0.717) is 6.04 Å². The molecule has 0 aliphatic rings. The van der Waals surface area contributed by atoms with Crippen LogP contribution >= 0.6 is 0 Å². The smallest absolute Gasteiger partial charge is 0.0615 e. The second-order valence-electron chi connectivity index (χ2n) is 5.61. The summed E-state index contributed by atoms with van der Waals surface area (Å²) < 4.78 is 5.24. The van der Waals surface area contributed by atoms with Crippen LogP contribution in [0.5, 0.6) is 0 Å². The highest BCUT2D eigenvalue weighted by Gasteiger charge is 2.07. The summed E-state index contributed by atoms with van der Waals surface area (Å²) in [7, 11) is 3.93. The largest absolute Gasteiger partial charge is 0.383 e. The summed E-state index contributed by atoms with van der Waals surface area (Å²) in [6, 6.07) is 11.0. The summed E-state index contributed by atoms with van der Waals surface area (Å²) in [5.41, 5.74) is 6.93. The third kappa shape index (κ3) is 8.83. The molecular weight excluding hydrogens is 262 g/mol. The van der Waals surface area contributed by atoms with Crippen molar-refractivity contribution in [2.75, 3.05) is 40.4 Å². The molecule has 4 heteroatoms. The highest BCUT2D eigenvalue weighted by atomic mass is 16.5. The molecule has 0 aliphatic carbocycles. The maximum atomic E-state index is 5.57. The predicted molar refractivity (Wildman–Crippen MR) is 89.3 cm³/mol. The molecule has 1 aromatic rings. The topological polar surface area (TPSA) is 50.5 Å². The average Bonchev–Trinajstić information content (AvgIpc) is 2.50. The van der Waals surface area contributed by atoms with E-state index in [9.17, 15) is 0 Å². The first-order chi connectivity index (χ1) is 10.3. The fourth-order valence-corrected chi connectivity index (χ4v) is 2.44. The predicted octanol–water partition coefficient (Wildman–Crippen LogP) is 1.85. The molecule has 0 spiro atoms. The van der Waals surface area contributed by atoms with Crippen LogP contribution in [0.3, 0.4) is 0 Å². The van der Waals surface area contributed by atoms with Crippen LogP contribution in [0.4, 0.5) is 0 Å². The molecule has 1 atom stereocenters. The van der Waals surface area contributed by atoms with Crippen LogP contribution in [-0.2, 0) is 11.3 Å². The molecular formula is C17H31N3O. The van der Waals surface area contributed by atoms with Crippen molar-refractivity contribution in [3.05, 3.63) is 35.9 Å². The van der Waals surface area contributed by atoms with Gasteiger partial charge in [-0.15, -0.1) is 0 Å². The number of nitrogens with zero attached hydrogens (tertiary/aromatic N) is 1. The highest BCUT2D eigenvalue weighted by molar-refractivity contribution is 5.14. The monoisotopic (exact) mass is 293 g/mol. The van der Waals surface area contributed by atoms with E-state index in [2.05, 4.69) is 47.6 Å². The number of nitrogens with two attached hydrogens (primary N) is 1. The molecule has 4 nitrogen and oxygen atoms in total. The van der Waals surface area contributed by atoms with E-state index in [0.717, 1.165) is 52.0 Å². The second kappa shape index (κ2) is 11.7. The Kier molecular flexibility index (Phi) is 10.1.